The lowest BCUT2D eigenvalue weighted by atomic mass is 9.96. The van der Waals surface area contributed by atoms with Gasteiger partial charge < -0.3 is 9.64 Å². The average Bonchev–Trinajstić information content (AvgIpc) is 2.89. The summed E-state index contributed by atoms with van der Waals surface area (Å²) in [6.45, 7) is 5.75. The second kappa shape index (κ2) is 6.65. The van der Waals surface area contributed by atoms with Gasteiger partial charge in [-0.2, -0.15) is 5.10 Å². The van der Waals surface area contributed by atoms with Crippen LogP contribution in [0, 0.1) is 20.8 Å². The number of ketones is 1. The lowest BCUT2D eigenvalue weighted by Gasteiger charge is -2.14. The average molecular weight is 350 g/mol. The maximum absolute atomic E-state index is 12.9. The number of ether oxygens (including phenoxy) is 1. The first-order valence-corrected chi connectivity index (χ1v) is 7.75. The van der Waals surface area contributed by atoms with Gasteiger partial charge in [-0.05, 0) is 43.5 Å². The molecule has 0 N–H and O–H groups in total. The monoisotopic (exact) mass is 349 g/mol. The Labute approximate surface area is 146 Å². The number of nitrogens with zero attached hydrogens (tertiary/aromatic N) is 3. The topological polar surface area (TPSA) is 64.4 Å². The van der Waals surface area contributed by atoms with Gasteiger partial charge in [0.25, 0.3) is 0 Å². The first-order valence-electron chi connectivity index (χ1n) is 7.37. The van der Waals surface area contributed by atoms with Crippen molar-refractivity contribution >= 4 is 23.5 Å². The highest BCUT2D eigenvalue weighted by molar-refractivity contribution is 6.36. The summed E-state index contributed by atoms with van der Waals surface area (Å²) in [4.78, 5) is 26.0. The van der Waals surface area contributed by atoms with Crippen LogP contribution in [0.4, 0.5) is 4.79 Å². The lowest BCUT2D eigenvalue weighted by Crippen LogP contribution is -2.26. The number of carbonyl (C=O) groups is 2. The number of rotatable bonds is 3. The van der Waals surface area contributed by atoms with Crippen LogP contribution >= 0.6 is 11.6 Å². The summed E-state index contributed by atoms with van der Waals surface area (Å²) in [6, 6.07) is 1.75. The molecule has 0 spiro atoms. The van der Waals surface area contributed by atoms with Crippen LogP contribution in [-0.4, -0.2) is 40.7 Å². The molecule has 0 aliphatic heterocycles. The fourth-order valence-corrected chi connectivity index (χ4v) is 2.52. The van der Waals surface area contributed by atoms with Crippen molar-refractivity contribution in [1.29, 1.82) is 0 Å². The highest BCUT2D eigenvalue weighted by Gasteiger charge is 2.25. The fourth-order valence-electron chi connectivity index (χ4n) is 2.24. The van der Waals surface area contributed by atoms with E-state index in [1.54, 1.807) is 27.2 Å². The summed E-state index contributed by atoms with van der Waals surface area (Å²) in [6.07, 6.45) is 0.788. The molecule has 1 aromatic heterocycles. The lowest BCUT2D eigenvalue weighted by molar-refractivity contribution is 0.103. The quantitative estimate of drug-likeness (QED) is 0.797. The zero-order valence-corrected chi connectivity index (χ0v) is 15.4. The van der Waals surface area contributed by atoms with Crippen LogP contribution < -0.4 is 4.74 Å². The summed E-state index contributed by atoms with van der Waals surface area (Å²) >= 11 is 6.37. The molecule has 6 nitrogen and oxygen atoms in total. The number of carbonyl (C=O) groups excluding carboxylic acids is 2. The molecule has 1 aromatic carbocycles. The van der Waals surface area contributed by atoms with Crippen LogP contribution in [0.5, 0.6) is 5.88 Å². The SMILES string of the molecule is Cc1cc(C(=O)c2cnn(C)c2OC(=O)N(C)C)c(Cl)c(C)c1C. The predicted octanol–water partition coefficient (Wildman–Crippen LogP) is 3.29. The van der Waals surface area contributed by atoms with E-state index in [9.17, 15) is 9.59 Å². The van der Waals surface area contributed by atoms with E-state index in [2.05, 4.69) is 5.10 Å². The van der Waals surface area contributed by atoms with E-state index in [1.165, 1.54) is 15.8 Å². The molecule has 7 heteroatoms. The van der Waals surface area contributed by atoms with Gasteiger partial charge in [0, 0.05) is 26.7 Å². The second-order valence-corrected chi connectivity index (χ2v) is 6.26. The highest BCUT2D eigenvalue weighted by Crippen LogP contribution is 2.30. The Morgan fingerprint density at radius 2 is 1.79 bits per heavy atom. The van der Waals surface area contributed by atoms with E-state index in [0.717, 1.165) is 16.7 Å². The van der Waals surface area contributed by atoms with Crippen molar-refractivity contribution < 1.29 is 14.3 Å². The molecule has 0 bridgehead atoms. The Balaban J connectivity index is 2.51. The van der Waals surface area contributed by atoms with Gasteiger partial charge >= 0.3 is 6.09 Å². The molecule has 0 aliphatic carbocycles. The number of halogens is 1. The van der Waals surface area contributed by atoms with Gasteiger partial charge in [-0.1, -0.05) is 11.6 Å². The summed E-state index contributed by atoms with van der Waals surface area (Å²) in [5, 5.41) is 4.42. The number of hydrogen-bond donors (Lipinski definition) is 0. The molecule has 128 valence electrons. The van der Waals surface area contributed by atoms with Crippen molar-refractivity contribution in [2.75, 3.05) is 14.1 Å². The standard InChI is InChI=1S/C17H20ClN3O3/c1-9-7-12(14(18)11(3)10(9)2)15(22)13-8-19-21(6)16(13)24-17(23)20(4)5/h7-8H,1-6H3. The molecule has 1 heterocycles. The van der Waals surface area contributed by atoms with Crippen LogP contribution in [0.15, 0.2) is 12.3 Å². The van der Waals surface area contributed by atoms with Crippen LogP contribution in [0.3, 0.4) is 0 Å². The number of amides is 1. The van der Waals surface area contributed by atoms with Crippen molar-refractivity contribution in [1.82, 2.24) is 14.7 Å². The first kappa shape index (κ1) is 18.0. The molecule has 1 amide bonds. The number of aromatic nitrogens is 2. The summed E-state index contributed by atoms with van der Waals surface area (Å²) in [5.41, 5.74) is 3.43. The molecule has 0 aliphatic rings. The molecule has 2 aromatic rings. The molecule has 2 rings (SSSR count). The third kappa shape index (κ3) is 3.14. The smallest absolute Gasteiger partial charge is 0.391 e. The summed E-state index contributed by atoms with van der Waals surface area (Å²) < 4.78 is 6.61. The molecule has 0 atom stereocenters. The van der Waals surface area contributed by atoms with Gasteiger partial charge in [0.15, 0.2) is 0 Å². The van der Waals surface area contributed by atoms with Crippen LogP contribution in [0.1, 0.15) is 32.6 Å². The maximum Gasteiger partial charge on any atom is 0.416 e. The molecule has 0 unspecified atom stereocenters. The van der Waals surface area contributed by atoms with Crippen molar-refractivity contribution in [2.24, 2.45) is 7.05 Å². The highest BCUT2D eigenvalue weighted by atomic mass is 35.5. The summed E-state index contributed by atoms with van der Waals surface area (Å²) in [5.74, 6) is -0.244. The van der Waals surface area contributed by atoms with E-state index >= 15 is 0 Å². The van der Waals surface area contributed by atoms with Gasteiger partial charge in [0.2, 0.25) is 11.7 Å². The van der Waals surface area contributed by atoms with Crippen LogP contribution in [-0.2, 0) is 7.05 Å². The third-order valence-corrected chi connectivity index (χ3v) is 4.49. The minimum atomic E-state index is -0.588. The number of benzene rings is 1. The van der Waals surface area contributed by atoms with Gasteiger partial charge in [-0.25, -0.2) is 9.48 Å². The van der Waals surface area contributed by atoms with E-state index in [0.29, 0.717) is 10.6 Å². The van der Waals surface area contributed by atoms with Crippen molar-refractivity contribution in [3.63, 3.8) is 0 Å². The van der Waals surface area contributed by atoms with Crippen molar-refractivity contribution in [3.8, 4) is 5.88 Å². The largest absolute Gasteiger partial charge is 0.416 e. The third-order valence-electron chi connectivity index (χ3n) is 4.00. The van der Waals surface area contributed by atoms with Crippen LogP contribution in [0.2, 0.25) is 5.02 Å². The normalized spacial score (nSPS) is 10.6. The minimum Gasteiger partial charge on any atom is -0.391 e. The molecule has 0 saturated heterocycles. The molecular weight excluding hydrogens is 330 g/mol. The van der Waals surface area contributed by atoms with Crippen molar-refractivity contribution in [2.45, 2.75) is 20.8 Å². The van der Waals surface area contributed by atoms with E-state index in [-0.39, 0.29) is 17.2 Å². The Hall–Kier alpha value is -2.34. The number of hydrogen-bond acceptors (Lipinski definition) is 4. The first-order chi connectivity index (χ1) is 11.1. The molecule has 0 radical (unpaired) electrons. The van der Waals surface area contributed by atoms with E-state index < -0.39 is 6.09 Å². The Morgan fingerprint density at radius 3 is 2.38 bits per heavy atom. The summed E-state index contributed by atoms with van der Waals surface area (Å²) in [7, 11) is 4.72. The Kier molecular flexibility index (Phi) is 4.99. The fraction of sp³-hybridized carbons (Fsp3) is 0.353. The van der Waals surface area contributed by atoms with Gasteiger partial charge in [0.1, 0.15) is 5.56 Å². The maximum atomic E-state index is 12.9. The van der Waals surface area contributed by atoms with Gasteiger partial charge in [-0.3, -0.25) is 4.79 Å². The second-order valence-electron chi connectivity index (χ2n) is 5.88. The molecule has 0 saturated carbocycles. The Morgan fingerprint density at radius 1 is 1.17 bits per heavy atom. The zero-order chi connectivity index (χ0) is 18.2. The molecule has 24 heavy (non-hydrogen) atoms. The molecular formula is C17H20ClN3O3. The Bertz CT molecular complexity index is 825. The minimum absolute atomic E-state index is 0.0886. The van der Waals surface area contributed by atoms with E-state index in [4.69, 9.17) is 16.3 Å². The zero-order valence-electron chi connectivity index (χ0n) is 14.6. The predicted molar refractivity (Wildman–Crippen MR) is 92.0 cm³/mol. The van der Waals surface area contributed by atoms with Gasteiger partial charge in [-0.15, -0.1) is 0 Å². The van der Waals surface area contributed by atoms with Crippen molar-refractivity contribution in [3.05, 3.63) is 45.1 Å². The van der Waals surface area contributed by atoms with Gasteiger partial charge in [0.05, 0.1) is 11.2 Å². The number of aryl methyl sites for hydroxylation is 2. The molecule has 0 fully saturated rings. The van der Waals surface area contributed by atoms with Crippen LogP contribution in [0.25, 0.3) is 0 Å². The van der Waals surface area contributed by atoms with E-state index in [1.807, 2.05) is 20.8 Å².